The quantitative estimate of drug-likeness (QED) is 0.523. The molecule has 4 nitrogen and oxygen atoms in total. The van der Waals surface area contributed by atoms with Crippen LogP contribution in [0.4, 0.5) is 0 Å². The van der Waals surface area contributed by atoms with Crippen LogP contribution >= 0.6 is 15.9 Å². The van der Waals surface area contributed by atoms with Crippen molar-refractivity contribution in [3.63, 3.8) is 0 Å². The highest BCUT2D eigenvalue weighted by Crippen LogP contribution is 2.23. The van der Waals surface area contributed by atoms with Crippen molar-refractivity contribution < 1.29 is 13.9 Å². The number of aldehydes is 1. The Morgan fingerprint density at radius 3 is 2.59 bits per heavy atom. The van der Waals surface area contributed by atoms with Crippen LogP contribution in [0.15, 0.2) is 62.2 Å². The van der Waals surface area contributed by atoms with Gasteiger partial charge in [0.15, 0.2) is 0 Å². The molecular formula is C17H11BrO4. The monoisotopic (exact) mass is 358 g/mol. The lowest BCUT2D eigenvalue weighted by atomic mass is 10.1. The smallest absolute Gasteiger partial charge is 0.336 e. The van der Waals surface area contributed by atoms with Crippen LogP contribution in [-0.2, 0) is 6.61 Å². The summed E-state index contributed by atoms with van der Waals surface area (Å²) in [5.41, 5.74) is 1.43. The van der Waals surface area contributed by atoms with Crippen LogP contribution in [0.3, 0.4) is 0 Å². The molecule has 1 aromatic heterocycles. The van der Waals surface area contributed by atoms with Crippen LogP contribution in [0.5, 0.6) is 5.75 Å². The maximum absolute atomic E-state index is 11.6. The van der Waals surface area contributed by atoms with Crippen molar-refractivity contribution in [2.24, 2.45) is 0 Å². The van der Waals surface area contributed by atoms with Crippen LogP contribution < -0.4 is 10.4 Å². The lowest BCUT2D eigenvalue weighted by molar-refractivity contribution is 0.112. The van der Waals surface area contributed by atoms with Crippen molar-refractivity contribution in [1.29, 1.82) is 0 Å². The molecule has 0 fully saturated rings. The van der Waals surface area contributed by atoms with E-state index in [4.69, 9.17) is 9.15 Å². The molecule has 0 radical (unpaired) electrons. The number of halogens is 1. The largest absolute Gasteiger partial charge is 0.489 e. The number of ether oxygens (including phenoxy) is 1. The molecule has 5 heteroatoms. The summed E-state index contributed by atoms with van der Waals surface area (Å²) in [6.45, 7) is 0.240. The summed E-state index contributed by atoms with van der Waals surface area (Å²) in [7, 11) is 0. The Bertz CT molecular complexity index is 881. The topological polar surface area (TPSA) is 56.5 Å². The molecule has 3 rings (SSSR count). The van der Waals surface area contributed by atoms with Crippen molar-refractivity contribution in [3.8, 4) is 5.75 Å². The molecule has 0 atom stereocenters. The molecule has 0 spiro atoms. The lowest BCUT2D eigenvalue weighted by Gasteiger charge is -2.08. The van der Waals surface area contributed by atoms with E-state index < -0.39 is 5.63 Å². The number of rotatable bonds is 4. The third kappa shape index (κ3) is 3.09. The highest BCUT2D eigenvalue weighted by molar-refractivity contribution is 9.10. The van der Waals surface area contributed by atoms with Gasteiger partial charge in [0.2, 0.25) is 0 Å². The van der Waals surface area contributed by atoms with Gasteiger partial charge in [0, 0.05) is 27.1 Å². The zero-order valence-corrected chi connectivity index (χ0v) is 13.0. The summed E-state index contributed by atoms with van der Waals surface area (Å²) >= 11 is 3.35. The Labute approximate surface area is 134 Å². The van der Waals surface area contributed by atoms with Crippen molar-refractivity contribution in [3.05, 3.63) is 74.6 Å². The van der Waals surface area contributed by atoms with Gasteiger partial charge < -0.3 is 9.15 Å². The summed E-state index contributed by atoms with van der Waals surface area (Å²) in [5.74, 6) is 0.629. The number of hydrogen-bond donors (Lipinski definition) is 0. The van der Waals surface area contributed by atoms with Gasteiger partial charge in [0.05, 0.1) is 0 Å². The molecule has 110 valence electrons. The van der Waals surface area contributed by atoms with E-state index in [0.29, 0.717) is 16.9 Å². The Hall–Kier alpha value is -2.40. The van der Waals surface area contributed by atoms with E-state index in [2.05, 4.69) is 15.9 Å². The zero-order valence-electron chi connectivity index (χ0n) is 11.4. The minimum absolute atomic E-state index is 0.240. The van der Waals surface area contributed by atoms with E-state index in [9.17, 15) is 9.59 Å². The van der Waals surface area contributed by atoms with Crippen LogP contribution in [0, 0.1) is 0 Å². The summed E-state index contributed by atoms with van der Waals surface area (Å²) in [4.78, 5) is 22.3. The van der Waals surface area contributed by atoms with Gasteiger partial charge in [-0.3, -0.25) is 4.79 Å². The lowest BCUT2D eigenvalue weighted by Crippen LogP contribution is -2.04. The van der Waals surface area contributed by atoms with E-state index in [1.165, 1.54) is 6.07 Å². The third-order valence-electron chi connectivity index (χ3n) is 3.20. The predicted octanol–water partition coefficient (Wildman–Crippen LogP) is 3.95. The first-order valence-electron chi connectivity index (χ1n) is 6.56. The van der Waals surface area contributed by atoms with Gasteiger partial charge in [-0.1, -0.05) is 15.9 Å². The first kappa shape index (κ1) is 14.5. The molecule has 0 saturated heterocycles. The van der Waals surface area contributed by atoms with Gasteiger partial charge in [-0.15, -0.1) is 0 Å². The fourth-order valence-corrected chi connectivity index (χ4v) is 2.47. The number of carbonyl (C=O) groups is 1. The molecule has 22 heavy (non-hydrogen) atoms. The molecule has 1 heterocycles. The van der Waals surface area contributed by atoms with Crippen LogP contribution in [-0.4, -0.2) is 6.29 Å². The van der Waals surface area contributed by atoms with Gasteiger partial charge in [-0.2, -0.15) is 0 Å². The summed E-state index contributed by atoms with van der Waals surface area (Å²) in [6.07, 6.45) is 0.775. The molecule has 0 N–H and O–H groups in total. The van der Waals surface area contributed by atoms with Crippen molar-refractivity contribution in [1.82, 2.24) is 0 Å². The van der Waals surface area contributed by atoms with Crippen molar-refractivity contribution in [2.45, 2.75) is 6.61 Å². The minimum atomic E-state index is -0.416. The van der Waals surface area contributed by atoms with Crippen molar-refractivity contribution >= 4 is 33.2 Å². The second-order valence-electron chi connectivity index (χ2n) is 4.71. The average molecular weight is 359 g/mol. The van der Waals surface area contributed by atoms with E-state index in [1.54, 1.807) is 30.3 Å². The van der Waals surface area contributed by atoms with Crippen molar-refractivity contribution in [2.75, 3.05) is 0 Å². The minimum Gasteiger partial charge on any atom is -0.489 e. The molecule has 0 unspecified atom stereocenters. The molecule has 0 aliphatic carbocycles. The molecular weight excluding hydrogens is 348 g/mol. The molecule has 0 aliphatic heterocycles. The third-order valence-corrected chi connectivity index (χ3v) is 3.70. The first-order valence-corrected chi connectivity index (χ1v) is 7.35. The Morgan fingerprint density at radius 1 is 1.09 bits per heavy atom. The first-order chi connectivity index (χ1) is 10.7. The standard InChI is InChI=1S/C17H11BrO4/c18-13-3-6-15-12(7-17(20)22-16(15)8-13)10-21-14-4-1-11(9-19)2-5-14/h1-9H,10H2. The van der Waals surface area contributed by atoms with Gasteiger partial charge in [-0.25, -0.2) is 4.79 Å². The summed E-state index contributed by atoms with van der Waals surface area (Å²) in [6, 6.07) is 13.7. The van der Waals surface area contributed by atoms with Gasteiger partial charge in [0.25, 0.3) is 0 Å². The van der Waals surface area contributed by atoms with E-state index in [-0.39, 0.29) is 6.61 Å². The average Bonchev–Trinajstić information content (AvgIpc) is 2.52. The van der Waals surface area contributed by atoms with Crippen LogP contribution in [0.25, 0.3) is 11.0 Å². The molecule has 0 amide bonds. The Balaban J connectivity index is 1.89. The maximum Gasteiger partial charge on any atom is 0.336 e. The molecule has 2 aromatic carbocycles. The van der Waals surface area contributed by atoms with Gasteiger partial charge in [0.1, 0.15) is 24.2 Å². The Kier molecular flexibility index (Phi) is 4.06. The highest BCUT2D eigenvalue weighted by atomic mass is 79.9. The highest BCUT2D eigenvalue weighted by Gasteiger charge is 2.07. The zero-order chi connectivity index (χ0) is 15.5. The summed E-state index contributed by atoms with van der Waals surface area (Å²) < 4.78 is 11.7. The second-order valence-corrected chi connectivity index (χ2v) is 5.62. The SMILES string of the molecule is O=Cc1ccc(OCc2cc(=O)oc3cc(Br)ccc23)cc1. The normalized spacial score (nSPS) is 10.6. The molecule has 0 aliphatic rings. The number of hydrogen-bond acceptors (Lipinski definition) is 4. The van der Waals surface area contributed by atoms with E-state index in [1.807, 2.05) is 12.1 Å². The fourth-order valence-electron chi connectivity index (χ4n) is 2.13. The summed E-state index contributed by atoms with van der Waals surface area (Å²) in [5, 5.41) is 0.826. The number of benzene rings is 2. The second kappa shape index (κ2) is 6.15. The van der Waals surface area contributed by atoms with Crippen LogP contribution in [0.1, 0.15) is 15.9 Å². The van der Waals surface area contributed by atoms with Gasteiger partial charge in [-0.05, 0) is 42.5 Å². The molecule has 0 saturated carbocycles. The molecule has 0 bridgehead atoms. The Morgan fingerprint density at radius 2 is 1.86 bits per heavy atom. The predicted molar refractivity (Wildman–Crippen MR) is 86.3 cm³/mol. The maximum atomic E-state index is 11.6. The van der Waals surface area contributed by atoms with E-state index >= 15 is 0 Å². The number of fused-ring (bicyclic) bond motifs is 1. The number of carbonyl (C=O) groups excluding carboxylic acids is 1. The van der Waals surface area contributed by atoms with E-state index in [0.717, 1.165) is 21.7 Å². The van der Waals surface area contributed by atoms with Crippen LogP contribution in [0.2, 0.25) is 0 Å². The fraction of sp³-hybridized carbons (Fsp3) is 0.0588. The molecule has 3 aromatic rings. The van der Waals surface area contributed by atoms with Gasteiger partial charge >= 0.3 is 5.63 Å².